The molecule has 14 heavy (non-hydrogen) atoms. The minimum Gasteiger partial charge on any atom is -0.315 e. The number of hydrogen-bond donors (Lipinski definition) is 1. The van der Waals surface area contributed by atoms with Crippen LogP contribution in [0.3, 0.4) is 0 Å². The van der Waals surface area contributed by atoms with Crippen molar-refractivity contribution in [2.45, 2.75) is 12.3 Å². The molecule has 1 aromatic rings. The molecule has 2 rings (SSSR count). The van der Waals surface area contributed by atoms with Crippen LogP contribution in [0, 0.1) is 0 Å². The molecular formula is C11H12BrNO. The number of Topliss-reactive ketones (excluding diaryl/α,β-unsaturated/α-hetero) is 1. The van der Waals surface area contributed by atoms with Crippen molar-refractivity contribution in [3.05, 3.63) is 34.3 Å². The third-order valence-corrected chi connectivity index (χ3v) is 3.03. The fourth-order valence-corrected chi connectivity index (χ4v) is 2.19. The van der Waals surface area contributed by atoms with Crippen LogP contribution in [0.5, 0.6) is 0 Å². The van der Waals surface area contributed by atoms with Crippen molar-refractivity contribution in [1.82, 2.24) is 5.32 Å². The van der Waals surface area contributed by atoms with Gasteiger partial charge in [0, 0.05) is 24.0 Å². The van der Waals surface area contributed by atoms with Crippen LogP contribution in [0.1, 0.15) is 17.9 Å². The highest BCUT2D eigenvalue weighted by Crippen LogP contribution is 2.22. The van der Waals surface area contributed by atoms with Gasteiger partial charge in [0.05, 0.1) is 5.92 Å². The fraction of sp³-hybridized carbons (Fsp3) is 0.364. The Morgan fingerprint density at radius 1 is 1.43 bits per heavy atom. The predicted octanol–water partition coefficient (Wildman–Crippen LogP) is 2.10. The molecule has 0 spiro atoms. The molecule has 1 unspecified atom stereocenters. The Hall–Kier alpha value is -0.670. The van der Waals surface area contributed by atoms with E-state index in [1.807, 2.05) is 24.3 Å². The number of rotatable bonds is 1. The zero-order valence-corrected chi connectivity index (χ0v) is 9.38. The Morgan fingerprint density at radius 2 is 2.29 bits per heavy atom. The van der Waals surface area contributed by atoms with Crippen LogP contribution in [-0.4, -0.2) is 18.9 Å². The molecule has 0 saturated carbocycles. The molecule has 1 aromatic carbocycles. The minimum atomic E-state index is 0.0428. The molecule has 0 bridgehead atoms. The molecule has 1 N–H and O–H groups in total. The van der Waals surface area contributed by atoms with E-state index >= 15 is 0 Å². The summed E-state index contributed by atoms with van der Waals surface area (Å²) in [5.41, 5.74) is 1.11. The normalized spacial score (nSPS) is 22.4. The number of carbonyl (C=O) groups is 1. The summed E-state index contributed by atoms with van der Waals surface area (Å²) in [6.45, 7) is 1.60. The minimum absolute atomic E-state index is 0.0428. The second-order valence-corrected chi connectivity index (χ2v) is 4.44. The summed E-state index contributed by atoms with van der Waals surface area (Å²) in [6, 6.07) is 7.99. The molecule has 0 aliphatic carbocycles. The van der Waals surface area contributed by atoms with Gasteiger partial charge in [0.25, 0.3) is 0 Å². The van der Waals surface area contributed by atoms with Crippen molar-refractivity contribution < 1.29 is 4.79 Å². The van der Waals surface area contributed by atoms with E-state index in [0.29, 0.717) is 12.2 Å². The van der Waals surface area contributed by atoms with Crippen molar-refractivity contribution in [1.29, 1.82) is 0 Å². The maximum atomic E-state index is 11.7. The van der Waals surface area contributed by atoms with Crippen LogP contribution in [0.15, 0.2) is 28.7 Å². The van der Waals surface area contributed by atoms with Crippen LogP contribution in [0.2, 0.25) is 0 Å². The van der Waals surface area contributed by atoms with Crippen molar-refractivity contribution in [3.8, 4) is 0 Å². The molecule has 1 aliphatic rings. The van der Waals surface area contributed by atoms with Gasteiger partial charge < -0.3 is 5.32 Å². The number of carbonyl (C=O) groups excluding carboxylic acids is 1. The first kappa shape index (κ1) is 9.87. The zero-order chi connectivity index (χ0) is 9.97. The lowest BCUT2D eigenvalue weighted by atomic mass is 9.90. The number of piperidine rings is 1. The van der Waals surface area contributed by atoms with E-state index in [9.17, 15) is 4.79 Å². The maximum Gasteiger partial charge on any atom is 0.142 e. The molecule has 1 saturated heterocycles. The van der Waals surface area contributed by atoms with Gasteiger partial charge in [-0.15, -0.1) is 0 Å². The lowest BCUT2D eigenvalue weighted by molar-refractivity contribution is -0.121. The van der Waals surface area contributed by atoms with Crippen LogP contribution in [-0.2, 0) is 4.79 Å². The van der Waals surface area contributed by atoms with Crippen molar-refractivity contribution in [2.24, 2.45) is 0 Å². The fourth-order valence-electron chi connectivity index (χ4n) is 1.77. The van der Waals surface area contributed by atoms with Crippen LogP contribution in [0.4, 0.5) is 0 Å². The van der Waals surface area contributed by atoms with Gasteiger partial charge in [-0.2, -0.15) is 0 Å². The van der Waals surface area contributed by atoms with E-state index in [-0.39, 0.29) is 5.92 Å². The molecule has 1 fully saturated rings. The first-order valence-electron chi connectivity index (χ1n) is 4.76. The summed E-state index contributed by atoms with van der Waals surface area (Å²) >= 11 is 3.42. The standard InChI is InChI=1S/C11H12BrNO/c12-9-3-1-2-8(6-9)10-7-13-5-4-11(10)14/h1-3,6,10,13H,4-5,7H2. The molecule has 0 amide bonds. The predicted molar refractivity (Wildman–Crippen MR) is 59.4 cm³/mol. The summed E-state index contributed by atoms with van der Waals surface area (Å²) in [7, 11) is 0. The second kappa shape index (κ2) is 4.24. The first-order chi connectivity index (χ1) is 6.77. The summed E-state index contributed by atoms with van der Waals surface area (Å²) in [5.74, 6) is 0.392. The number of halogens is 1. The number of ketones is 1. The SMILES string of the molecule is O=C1CCNCC1c1cccc(Br)c1. The number of benzene rings is 1. The second-order valence-electron chi connectivity index (χ2n) is 3.53. The molecule has 3 heteroatoms. The third-order valence-electron chi connectivity index (χ3n) is 2.54. The summed E-state index contributed by atoms with van der Waals surface area (Å²) < 4.78 is 1.04. The molecule has 1 atom stereocenters. The molecule has 1 aliphatic heterocycles. The van der Waals surface area contributed by atoms with Gasteiger partial charge >= 0.3 is 0 Å². The Morgan fingerprint density at radius 3 is 3.00 bits per heavy atom. The monoisotopic (exact) mass is 253 g/mol. The van der Waals surface area contributed by atoms with Gasteiger partial charge in [-0.3, -0.25) is 4.79 Å². The van der Waals surface area contributed by atoms with Crippen LogP contribution >= 0.6 is 15.9 Å². The van der Waals surface area contributed by atoms with E-state index in [4.69, 9.17) is 0 Å². The largest absolute Gasteiger partial charge is 0.315 e. The van der Waals surface area contributed by atoms with Crippen molar-refractivity contribution in [3.63, 3.8) is 0 Å². The average Bonchev–Trinajstić information content (AvgIpc) is 2.18. The van der Waals surface area contributed by atoms with Crippen molar-refractivity contribution >= 4 is 21.7 Å². The van der Waals surface area contributed by atoms with Gasteiger partial charge in [-0.25, -0.2) is 0 Å². The molecule has 2 nitrogen and oxygen atoms in total. The Balaban J connectivity index is 2.24. The number of nitrogens with one attached hydrogen (secondary N) is 1. The highest BCUT2D eigenvalue weighted by atomic mass is 79.9. The zero-order valence-electron chi connectivity index (χ0n) is 7.79. The quantitative estimate of drug-likeness (QED) is 0.831. The highest BCUT2D eigenvalue weighted by Gasteiger charge is 2.23. The van der Waals surface area contributed by atoms with Gasteiger partial charge in [-0.05, 0) is 17.7 Å². The summed E-state index contributed by atoms with van der Waals surface area (Å²) in [5, 5.41) is 3.25. The first-order valence-corrected chi connectivity index (χ1v) is 5.55. The maximum absolute atomic E-state index is 11.7. The van der Waals surface area contributed by atoms with Gasteiger partial charge in [0.2, 0.25) is 0 Å². The Kier molecular flexibility index (Phi) is 2.99. The van der Waals surface area contributed by atoms with E-state index in [2.05, 4.69) is 21.2 Å². The highest BCUT2D eigenvalue weighted by molar-refractivity contribution is 9.10. The topological polar surface area (TPSA) is 29.1 Å². The average molecular weight is 254 g/mol. The molecule has 1 heterocycles. The molecular weight excluding hydrogens is 242 g/mol. The lowest BCUT2D eigenvalue weighted by Gasteiger charge is -2.21. The van der Waals surface area contributed by atoms with Gasteiger partial charge in [0.1, 0.15) is 5.78 Å². The lowest BCUT2D eigenvalue weighted by Crippen LogP contribution is -2.35. The Bertz CT molecular complexity index is 351. The van der Waals surface area contributed by atoms with Gasteiger partial charge in [0.15, 0.2) is 0 Å². The molecule has 0 radical (unpaired) electrons. The van der Waals surface area contributed by atoms with E-state index < -0.39 is 0 Å². The summed E-state index contributed by atoms with van der Waals surface area (Å²) in [4.78, 5) is 11.7. The molecule has 74 valence electrons. The van der Waals surface area contributed by atoms with E-state index in [1.54, 1.807) is 0 Å². The molecule has 0 aromatic heterocycles. The van der Waals surface area contributed by atoms with E-state index in [0.717, 1.165) is 23.1 Å². The van der Waals surface area contributed by atoms with Crippen LogP contribution in [0.25, 0.3) is 0 Å². The van der Waals surface area contributed by atoms with Crippen LogP contribution < -0.4 is 5.32 Å². The van der Waals surface area contributed by atoms with Gasteiger partial charge in [-0.1, -0.05) is 28.1 Å². The Labute approximate surface area is 91.8 Å². The number of hydrogen-bond acceptors (Lipinski definition) is 2. The third kappa shape index (κ3) is 2.04. The smallest absolute Gasteiger partial charge is 0.142 e. The van der Waals surface area contributed by atoms with Crippen molar-refractivity contribution in [2.75, 3.05) is 13.1 Å². The van der Waals surface area contributed by atoms with E-state index in [1.165, 1.54) is 0 Å². The summed E-state index contributed by atoms with van der Waals surface area (Å²) in [6.07, 6.45) is 0.650.